The molecule has 0 radical (unpaired) electrons. The number of hydrogen-bond acceptors (Lipinski definition) is 6. The molecule has 1 saturated heterocycles. The fraction of sp³-hybridized carbons (Fsp3) is 0.667. The van der Waals surface area contributed by atoms with E-state index in [9.17, 15) is 4.79 Å². The summed E-state index contributed by atoms with van der Waals surface area (Å²) in [6, 6.07) is 0. The molecule has 1 aromatic rings. The van der Waals surface area contributed by atoms with Gasteiger partial charge < -0.3 is 15.8 Å². The smallest absolute Gasteiger partial charge is 0.270 e. The second-order valence-corrected chi connectivity index (χ2v) is 6.06. The summed E-state index contributed by atoms with van der Waals surface area (Å²) in [5.74, 6) is -0.172. The summed E-state index contributed by atoms with van der Waals surface area (Å²) in [7, 11) is 0. The zero-order chi connectivity index (χ0) is 13.9. The van der Waals surface area contributed by atoms with Gasteiger partial charge in [0, 0.05) is 30.6 Å². The molecule has 1 aromatic heterocycles. The molecule has 1 amide bonds. The third kappa shape index (κ3) is 3.65. The molecule has 0 spiro atoms. The van der Waals surface area contributed by atoms with Gasteiger partial charge in [-0.2, -0.15) is 0 Å². The van der Waals surface area contributed by atoms with E-state index in [0.29, 0.717) is 17.4 Å². The number of carbonyl (C=O) groups is 1. The van der Waals surface area contributed by atoms with E-state index < -0.39 is 0 Å². The van der Waals surface area contributed by atoms with Crippen molar-refractivity contribution in [1.29, 1.82) is 0 Å². The zero-order valence-corrected chi connectivity index (χ0v) is 12.1. The Kier molecular flexibility index (Phi) is 4.38. The third-order valence-electron chi connectivity index (χ3n) is 3.30. The molecule has 0 unspecified atom stereocenters. The minimum Gasteiger partial charge on any atom is -0.379 e. The highest BCUT2D eigenvalue weighted by molar-refractivity contribution is 7.13. The van der Waals surface area contributed by atoms with Gasteiger partial charge in [-0.3, -0.25) is 9.69 Å². The summed E-state index contributed by atoms with van der Waals surface area (Å²) in [6.07, 6.45) is 0. The van der Waals surface area contributed by atoms with Crippen molar-refractivity contribution >= 4 is 22.4 Å². The Labute approximate surface area is 116 Å². The van der Waals surface area contributed by atoms with E-state index in [1.807, 2.05) is 0 Å². The molecule has 3 N–H and O–H groups in total. The molecule has 0 aromatic carbocycles. The molecule has 6 nitrogen and oxygen atoms in total. The van der Waals surface area contributed by atoms with E-state index in [0.717, 1.165) is 26.3 Å². The molecule has 0 atom stereocenters. The van der Waals surface area contributed by atoms with Crippen LogP contribution in [0.3, 0.4) is 0 Å². The Morgan fingerprint density at radius 2 is 2.26 bits per heavy atom. The summed E-state index contributed by atoms with van der Waals surface area (Å²) >= 11 is 1.27. The van der Waals surface area contributed by atoms with E-state index in [4.69, 9.17) is 10.5 Å². The van der Waals surface area contributed by atoms with Crippen molar-refractivity contribution in [2.45, 2.75) is 19.4 Å². The number of nitrogens with one attached hydrogen (secondary N) is 1. The van der Waals surface area contributed by atoms with Crippen LogP contribution in [0, 0.1) is 0 Å². The average molecular weight is 284 g/mol. The van der Waals surface area contributed by atoms with Crippen LogP contribution in [0.15, 0.2) is 5.38 Å². The fourth-order valence-corrected chi connectivity index (χ4v) is 2.60. The van der Waals surface area contributed by atoms with E-state index in [1.165, 1.54) is 11.3 Å². The van der Waals surface area contributed by atoms with Crippen LogP contribution in [0.1, 0.15) is 24.3 Å². The first-order chi connectivity index (χ1) is 8.99. The first-order valence-corrected chi connectivity index (χ1v) is 7.19. The molecular formula is C12H20N4O2S. The predicted octanol–water partition coefficient (Wildman–Crippen LogP) is 0.566. The number of ether oxygens (including phenoxy) is 1. The second-order valence-electron chi connectivity index (χ2n) is 5.17. The van der Waals surface area contributed by atoms with Crippen molar-refractivity contribution in [2.75, 3.05) is 38.6 Å². The number of carbonyl (C=O) groups excluding carboxylic acids is 1. The van der Waals surface area contributed by atoms with Crippen LogP contribution in [0.2, 0.25) is 0 Å². The standard InChI is InChI=1S/C12H20N4O2S/c1-12(2,16-3-5-18-6-4-16)8-14-10(17)9-7-19-11(13)15-9/h7H,3-6,8H2,1-2H3,(H2,13,15)(H,14,17). The van der Waals surface area contributed by atoms with Crippen LogP contribution < -0.4 is 11.1 Å². The van der Waals surface area contributed by atoms with Crippen molar-refractivity contribution < 1.29 is 9.53 Å². The molecular weight excluding hydrogens is 264 g/mol. The quantitative estimate of drug-likeness (QED) is 0.844. The Balaban J connectivity index is 1.88. The lowest BCUT2D eigenvalue weighted by atomic mass is 10.0. The number of amides is 1. The van der Waals surface area contributed by atoms with Crippen molar-refractivity contribution in [3.63, 3.8) is 0 Å². The first-order valence-electron chi connectivity index (χ1n) is 6.31. The molecule has 106 valence electrons. The molecule has 2 heterocycles. The number of nitrogen functional groups attached to an aromatic ring is 1. The largest absolute Gasteiger partial charge is 0.379 e. The fourth-order valence-electron chi connectivity index (χ4n) is 2.06. The van der Waals surface area contributed by atoms with Crippen molar-refractivity contribution in [3.8, 4) is 0 Å². The number of morpholine rings is 1. The van der Waals surface area contributed by atoms with Crippen molar-refractivity contribution in [1.82, 2.24) is 15.2 Å². The topological polar surface area (TPSA) is 80.5 Å². The van der Waals surface area contributed by atoms with Gasteiger partial charge in [0.1, 0.15) is 5.69 Å². The second kappa shape index (κ2) is 5.85. The summed E-state index contributed by atoms with van der Waals surface area (Å²) < 4.78 is 5.34. The number of rotatable bonds is 4. The molecule has 0 aliphatic carbocycles. The van der Waals surface area contributed by atoms with Crippen LogP contribution >= 0.6 is 11.3 Å². The maximum atomic E-state index is 11.9. The van der Waals surface area contributed by atoms with Crippen LogP contribution in [0.4, 0.5) is 5.13 Å². The lowest BCUT2D eigenvalue weighted by Crippen LogP contribution is -2.55. The number of nitrogens with zero attached hydrogens (tertiary/aromatic N) is 2. The molecule has 1 aliphatic rings. The monoisotopic (exact) mass is 284 g/mol. The van der Waals surface area contributed by atoms with Gasteiger partial charge in [0.15, 0.2) is 5.13 Å². The first kappa shape index (κ1) is 14.2. The number of aromatic nitrogens is 1. The maximum absolute atomic E-state index is 11.9. The van der Waals surface area contributed by atoms with Gasteiger partial charge in [-0.25, -0.2) is 4.98 Å². The minimum absolute atomic E-state index is 0.0962. The van der Waals surface area contributed by atoms with E-state index >= 15 is 0 Å². The number of thiazole rings is 1. The zero-order valence-electron chi connectivity index (χ0n) is 11.3. The summed E-state index contributed by atoms with van der Waals surface area (Å²) in [6.45, 7) is 8.10. The molecule has 2 rings (SSSR count). The molecule has 7 heteroatoms. The number of hydrogen-bond donors (Lipinski definition) is 2. The highest BCUT2D eigenvalue weighted by Crippen LogP contribution is 2.16. The van der Waals surface area contributed by atoms with Gasteiger partial charge >= 0.3 is 0 Å². The van der Waals surface area contributed by atoms with E-state index in [-0.39, 0.29) is 11.4 Å². The van der Waals surface area contributed by atoms with Crippen LogP contribution in [0.5, 0.6) is 0 Å². The Morgan fingerprint density at radius 1 is 1.58 bits per heavy atom. The molecule has 0 saturated carbocycles. The molecule has 1 fully saturated rings. The lowest BCUT2D eigenvalue weighted by Gasteiger charge is -2.40. The lowest BCUT2D eigenvalue weighted by molar-refractivity contribution is -0.00924. The Bertz CT molecular complexity index is 441. The van der Waals surface area contributed by atoms with Crippen LogP contribution in [0.25, 0.3) is 0 Å². The van der Waals surface area contributed by atoms with Crippen molar-refractivity contribution in [2.24, 2.45) is 0 Å². The van der Waals surface area contributed by atoms with Gasteiger partial charge in [-0.05, 0) is 13.8 Å². The van der Waals surface area contributed by atoms with Gasteiger partial charge in [0.05, 0.1) is 13.2 Å². The summed E-state index contributed by atoms with van der Waals surface area (Å²) in [5, 5.41) is 5.00. The van der Waals surface area contributed by atoms with Gasteiger partial charge in [0.25, 0.3) is 5.91 Å². The number of nitrogens with two attached hydrogens (primary N) is 1. The van der Waals surface area contributed by atoms with Crippen molar-refractivity contribution in [3.05, 3.63) is 11.1 Å². The minimum atomic E-state index is -0.172. The normalized spacial score (nSPS) is 17.4. The SMILES string of the molecule is CC(C)(CNC(=O)c1csc(N)n1)N1CCOCC1. The molecule has 19 heavy (non-hydrogen) atoms. The average Bonchev–Trinajstić information content (AvgIpc) is 2.84. The Morgan fingerprint density at radius 3 is 2.84 bits per heavy atom. The Hall–Kier alpha value is -1.18. The molecule has 1 aliphatic heterocycles. The van der Waals surface area contributed by atoms with E-state index in [2.05, 4.69) is 29.0 Å². The summed E-state index contributed by atoms with van der Waals surface area (Å²) in [5.41, 5.74) is 5.81. The third-order valence-corrected chi connectivity index (χ3v) is 3.98. The summed E-state index contributed by atoms with van der Waals surface area (Å²) in [4.78, 5) is 18.2. The van der Waals surface area contributed by atoms with Gasteiger partial charge in [0.2, 0.25) is 0 Å². The van der Waals surface area contributed by atoms with Gasteiger partial charge in [-0.15, -0.1) is 11.3 Å². The highest BCUT2D eigenvalue weighted by Gasteiger charge is 2.28. The van der Waals surface area contributed by atoms with Gasteiger partial charge in [-0.1, -0.05) is 0 Å². The maximum Gasteiger partial charge on any atom is 0.270 e. The van der Waals surface area contributed by atoms with Crippen LogP contribution in [-0.4, -0.2) is 54.2 Å². The molecule has 0 bridgehead atoms. The highest BCUT2D eigenvalue weighted by atomic mass is 32.1. The van der Waals surface area contributed by atoms with E-state index in [1.54, 1.807) is 5.38 Å². The number of anilines is 1. The van der Waals surface area contributed by atoms with Crippen LogP contribution in [-0.2, 0) is 4.74 Å². The predicted molar refractivity (Wildman–Crippen MR) is 75.3 cm³/mol.